The number of rotatable bonds is 3. The minimum Gasteiger partial charge on any atom is -0.322 e. The van der Waals surface area contributed by atoms with E-state index in [1.807, 2.05) is 12.1 Å². The molecule has 1 unspecified atom stereocenters. The molecule has 2 heterocycles. The zero-order valence-corrected chi connectivity index (χ0v) is 11.3. The molecular weight excluding hydrogens is 302 g/mol. The second-order valence-corrected chi connectivity index (χ2v) is 5.08. The van der Waals surface area contributed by atoms with Gasteiger partial charge in [-0.05, 0) is 46.1 Å². The molecule has 2 aromatic heterocycles. The molecule has 2 aromatic rings. The molecule has 0 spiro atoms. The van der Waals surface area contributed by atoms with Gasteiger partial charge in [-0.25, -0.2) is 0 Å². The van der Waals surface area contributed by atoms with Gasteiger partial charge in [0.15, 0.2) is 0 Å². The van der Waals surface area contributed by atoms with Gasteiger partial charge in [-0.2, -0.15) is 0 Å². The zero-order chi connectivity index (χ0) is 12.3. The summed E-state index contributed by atoms with van der Waals surface area (Å²) in [6.45, 7) is 0. The quantitative estimate of drug-likeness (QED) is 0.947. The van der Waals surface area contributed by atoms with Crippen LogP contribution in [0.1, 0.15) is 17.3 Å². The molecule has 0 bridgehead atoms. The molecule has 0 aliphatic heterocycles. The van der Waals surface area contributed by atoms with E-state index >= 15 is 0 Å². The summed E-state index contributed by atoms with van der Waals surface area (Å²) < 4.78 is 0.950. The first-order valence-electron chi connectivity index (χ1n) is 5.11. The van der Waals surface area contributed by atoms with Gasteiger partial charge in [0.1, 0.15) is 0 Å². The lowest BCUT2D eigenvalue weighted by molar-refractivity contribution is 0.694. The summed E-state index contributed by atoms with van der Waals surface area (Å²) in [7, 11) is 0. The topological polar surface area (TPSA) is 51.8 Å². The monoisotopic (exact) mass is 311 g/mol. The van der Waals surface area contributed by atoms with E-state index in [1.165, 1.54) is 0 Å². The number of nitrogens with two attached hydrogens (primary N) is 1. The van der Waals surface area contributed by atoms with E-state index in [2.05, 4.69) is 25.9 Å². The van der Waals surface area contributed by atoms with Crippen molar-refractivity contribution in [2.75, 3.05) is 0 Å². The molecule has 0 amide bonds. The Morgan fingerprint density at radius 3 is 2.76 bits per heavy atom. The number of nitrogens with zero attached hydrogens (tertiary/aromatic N) is 2. The molecule has 0 saturated heterocycles. The highest BCUT2D eigenvalue weighted by molar-refractivity contribution is 9.10. The SMILES string of the molecule is NC(Cc1cncc(Br)c1)c1ccc(Cl)cn1. The van der Waals surface area contributed by atoms with Crippen molar-refractivity contribution in [1.29, 1.82) is 0 Å². The van der Waals surface area contributed by atoms with Crippen LogP contribution in [0.2, 0.25) is 5.02 Å². The van der Waals surface area contributed by atoms with Gasteiger partial charge in [0.2, 0.25) is 0 Å². The Morgan fingerprint density at radius 1 is 1.29 bits per heavy atom. The smallest absolute Gasteiger partial charge is 0.0589 e. The third kappa shape index (κ3) is 3.49. The predicted octanol–water partition coefficient (Wildman–Crippen LogP) is 3.14. The first kappa shape index (κ1) is 12.5. The van der Waals surface area contributed by atoms with Crippen LogP contribution in [0, 0.1) is 0 Å². The number of hydrogen-bond acceptors (Lipinski definition) is 3. The maximum absolute atomic E-state index is 6.08. The number of hydrogen-bond donors (Lipinski definition) is 1. The maximum atomic E-state index is 6.08. The standard InChI is InChI=1S/C12H11BrClN3/c13-9-3-8(5-16-6-9)4-11(15)12-2-1-10(14)7-17-12/h1-3,5-7,11H,4,15H2. The van der Waals surface area contributed by atoms with Crippen molar-refractivity contribution in [1.82, 2.24) is 9.97 Å². The van der Waals surface area contributed by atoms with Gasteiger partial charge in [-0.1, -0.05) is 11.6 Å². The lowest BCUT2D eigenvalue weighted by Gasteiger charge is -2.11. The van der Waals surface area contributed by atoms with Gasteiger partial charge >= 0.3 is 0 Å². The van der Waals surface area contributed by atoms with Crippen LogP contribution in [0.4, 0.5) is 0 Å². The molecule has 0 aromatic carbocycles. The fraction of sp³-hybridized carbons (Fsp3) is 0.167. The molecule has 0 fully saturated rings. The largest absolute Gasteiger partial charge is 0.322 e. The Labute approximate surface area is 113 Å². The van der Waals surface area contributed by atoms with Crippen LogP contribution >= 0.6 is 27.5 Å². The number of halogens is 2. The summed E-state index contributed by atoms with van der Waals surface area (Å²) >= 11 is 9.16. The van der Waals surface area contributed by atoms with E-state index in [4.69, 9.17) is 17.3 Å². The molecule has 1 atom stereocenters. The lowest BCUT2D eigenvalue weighted by Crippen LogP contribution is -2.14. The van der Waals surface area contributed by atoms with Crippen LogP contribution in [0.25, 0.3) is 0 Å². The molecule has 2 rings (SSSR count). The summed E-state index contributed by atoms with van der Waals surface area (Å²) in [5.41, 5.74) is 7.98. The van der Waals surface area contributed by atoms with Gasteiger partial charge < -0.3 is 5.73 Å². The second kappa shape index (κ2) is 5.58. The molecule has 0 aliphatic carbocycles. The van der Waals surface area contributed by atoms with Gasteiger partial charge in [0, 0.05) is 23.1 Å². The van der Waals surface area contributed by atoms with E-state index in [9.17, 15) is 0 Å². The average Bonchev–Trinajstić information content (AvgIpc) is 2.29. The van der Waals surface area contributed by atoms with Crippen LogP contribution in [-0.4, -0.2) is 9.97 Å². The summed E-state index contributed by atoms with van der Waals surface area (Å²) in [5, 5.41) is 0.616. The van der Waals surface area contributed by atoms with Crippen LogP contribution in [0.5, 0.6) is 0 Å². The van der Waals surface area contributed by atoms with E-state index in [-0.39, 0.29) is 6.04 Å². The van der Waals surface area contributed by atoms with Crippen molar-refractivity contribution < 1.29 is 0 Å². The first-order valence-corrected chi connectivity index (χ1v) is 6.29. The van der Waals surface area contributed by atoms with Crippen LogP contribution in [0.15, 0.2) is 41.3 Å². The first-order chi connectivity index (χ1) is 8.15. The Balaban J connectivity index is 2.11. The third-order valence-electron chi connectivity index (χ3n) is 2.35. The molecule has 17 heavy (non-hydrogen) atoms. The number of aromatic nitrogens is 2. The van der Waals surface area contributed by atoms with Crippen molar-refractivity contribution in [2.24, 2.45) is 5.73 Å². The summed E-state index contributed by atoms with van der Waals surface area (Å²) in [5.74, 6) is 0. The molecular formula is C12H11BrClN3. The van der Waals surface area contributed by atoms with Gasteiger partial charge in [0.25, 0.3) is 0 Å². The Morgan fingerprint density at radius 2 is 2.12 bits per heavy atom. The fourth-order valence-corrected chi connectivity index (χ4v) is 2.06. The van der Waals surface area contributed by atoms with E-state index < -0.39 is 0 Å². The molecule has 0 radical (unpaired) electrons. The summed E-state index contributed by atoms with van der Waals surface area (Å²) in [6.07, 6.45) is 5.85. The highest BCUT2D eigenvalue weighted by atomic mass is 79.9. The predicted molar refractivity (Wildman–Crippen MR) is 71.8 cm³/mol. The van der Waals surface area contributed by atoms with Crippen molar-refractivity contribution in [3.05, 3.63) is 57.5 Å². The molecule has 0 saturated carbocycles. The third-order valence-corrected chi connectivity index (χ3v) is 3.00. The Kier molecular flexibility index (Phi) is 4.10. The molecule has 5 heteroatoms. The van der Waals surface area contributed by atoms with Crippen LogP contribution in [-0.2, 0) is 6.42 Å². The minimum absolute atomic E-state index is 0.150. The van der Waals surface area contributed by atoms with Crippen molar-refractivity contribution in [2.45, 2.75) is 12.5 Å². The van der Waals surface area contributed by atoms with Gasteiger partial charge in [-0.3, -0.25) is 9.97 Å². The highest BCUT2D eigenvalue weighted by Crippen LogP contribution is 2.17. The van der Waals surface area contributed by atoms with Crippen molar-refractivity contribution in [3.63, 3.8) is 0 Å². The van der Waals surface area contributed by atoms with E-state index in [1.54, 1.807) is 24.7 Å². The van der Waals surface area contributed by atoms with Crippen molar-refractivity contribution in [3.8, 4) is 0 Å². The Bertz CT molecular complexity index is 501. The second-order valence-electron chi connectivity index (χ2n) is 3.72. The van der Waals surface area contributed by atoms with E-state index in [0.29, 0.717) is 11.4 Å². The summed E-state index contributed by atoms with van der Waals surface area (Å²) in [4.78, 5) is 8.31. The average molecular weight is 313 g/mol. The fourth-order valence-electron chi connectivity index (χ4n) is 1.53. The van der Waals surface area contributed by atoms with Crippen molar-refractivity contribution >= 4 is 27.5 Å². The molecule has 0 aliphatic rings. The minimum atomic E-state index is -0.150. The highest BCUT2D eigenvalue weighted by Gasteiger charge is 2.08. The normalized spacial score (nSPS) is 12.4. The van der Waals surface area contributed by atoms with Crippen LogP contribution in [0.3, 0.4) is 0 Å². The Hall–Kier alpha value is -0.970. The van der Waals surface area contributed by atoms with Gasteiger partial charge in [0.05, 0.1) is 16.8 Å². The molecule has 2 N–H and O–H groups in total. The zero-order valence-electron chi connectivity index (χ0n) is 8.98. The van der Waals surface area contributed by atoms with E-state index in [0.717, 1.165) is 15.7 Å². The van der Waals surface area contributed by atoms with Crippen LogP contribution < -0.4 is 5.73 Å². The maximum Gasteiger partial charge on any atom is 0.0589 e. The summed E-state index contributed by atoms with van der Waals surface area (Å²) in [6, 6.07) is 5.49. The van der Waals surface area contributed by atoms with Gasteiger partial charge in [-0.15, -0.1) is 0 Å². The lowest BCUT2D eigenvalue weighted by atomic mass is 10.1. The number of pyridine rings is 2. The molecule has 88 valence electrons. The molecule has 3 nitrogen and oxygen atoms in total.